The van der Waals surface area contributed by atoms with Crippen molar-refractivity contribution in [2.24, 2.45) is 18.2 Å². The first-order valence-corrected chi connectivity index (χ1v) is 5.62. The van der Waals surface area contributed by atoms with Gasteiger partial charge in [-0.2, -0.15) is 0 Å². The summed E-state index contributed by atoms with van der Waals surface area (Å²) in [6, 6.07) is 3.95. The molecule has 0 aliphatic rings. The number of nitrogens with two attached hydrogens (primary N) is 1. The van der Waals surface area contributed by atoms with Crippen molar-refractivity contribution >= 4 is 5.91 Å². The monoisotopic (exact) mass is 223 g/mol. The highest BCUT2D eigenvalue weighted by atomic mass is 16.2. The van der Waals surface area contributed by atoms with Crippen LogP contribution in [0, 0.1) is 5.41 Å². The molecule has 0 radical (unpaired) electrons. The Bertz CT molecular complexity index is 353. The molecule has 0 saturated heterocycles. The summed E-state index contributed by atoms with van der Waals surface area (Å²) in [7, 11) is 1.96. The molecule has 1 rings (SSSR count). The molecule has 4 heteroatoms. The molecule has 1 aromatic rings. The van der Waals surface area contributed by atoms with Gasteiger partial charge in [-0.1, -0.05) is 6.92 Å². The number of nitrogens with one attached hydrogen (secondary N) is 1. The molecule has 0 fully saturated rings. The van der Waals surface area contributed by atoms with E-state index >= 15 is 0 Å². The minimum Gasteiger partial charge on any atom is -0.353 e. The first-order chi connectivity index (χ1) is 7.53. The van der Waals surface area contributed by atoms with E-state index in [4.69, 9.17) is 5.73 Å². The summed E-state index contributed by atoms with van der Waals surface area (Å²) in [6.07, 6.45) is 2.71. The van der Waals surface area contributed by atoms with Crippen LogP contribution in [0.3, 0.4) is 0 Å². The number of aryl methyl sites for hydroxylation is 1. The van der Waals surface area contributed by atoms with Crippen molar-refractivity contribution < 1.29 is 4.79 Å². The van der Waals surface area contributed by atoms with Gasteiger partial charge < -0.3 is 15.6 Å². The molecule has 0 aliphatic carbocycles. The fourth-order valence-electron chi connectivity index (χ4n) is 1.46. The summed E-state index contributed by atoms with van der Waals surface area (Å²) in [4.78, 5) is 11.9. The summed E-state index contributed by atoms with van der Waals surface area (Å²) >= 11 is 0. The fraction of sp³-hybridized carbons (Fsp3) is 0.583. The van der Waals surface area contributed by atoms with Crippen molar-refractivity contribution in [3.8, 4) is 0 Å². The SMILES string of the molecule is CCC(C)(CN)C(=O)NCc1cccn1C. The number of amides is 1. The van der Waals surface area contributed by atoms with E-state index < -0.39 is 5.41 Å². The Morgan fingerprint density at radius 3 is 2.75 bits per heavy atom. The molecule has 1 aromatic heterocycles. The smallest absolute Gasteiger partial charge is 0.227 e. The van der Waals surface area contributed by atoms with E-state index in [0.29, 0.717) is 13.1 Å². The van der Waals surface area contributed by atoms with Crippen LogP contribution in [0.4, 0.5) is 0 Å². The molecular weight excluding hydrogens is 202 g/mol. The first kappa shape index (κ1) is 12.8. The second-order valence-electron chi connectivity index (χ2n) is 4.41. The van der Waals surface area contributed by atoms with E-state index in [2.05, 4.69) is 5.32 Å². The Labute approximate surface area is 96.8 Å². The van der Waals surface area contributed by atoms with E-state index in [-0.39, 0.29) is 5.91 Å². The summed E-state index contributed by atoms with van der Waals surface area (Å²) < 4.78 is 1.99. The second-order valence-corrected chi connectivity index (χ2v) is 4.41. The van der Waals surface area contributed by atoms with Crippen LogP contribution >= 0.6 is 0 Å². The topological polar surface area (TPSA) is 60.1 Å². The summed E-state index contributed by atoms with van der Waals surface area (Å²) in [5.74, 6) is 0.0266. The van der Waals surface area contributed by atoms with Crippen molar-refractivity contribution in [3.05, 3.63) is 24.0 Å². The first-order valence-electron chi connectivity index (χ1n) is 5.62. The normalized spacial score (nSPS) is 14.5. The van der Waals surface area contributed by atoms with E-state index in [0.717, 1.165) is 12.1 Å². The van der Waals surface area contributed by atoms with Gasteiger partial charge in [0, 0.05) is 25.5 Å². The van der Waals surface area contributed by atoms with E-state index in [1.807, 2.05) is 43.8 Å². The van der Waals surface area contributed by atoms with Crippen LogP contribution in [0.25, 0.3) is 0 Å². The van der Waals surface area contributed by atoms with Crippen LogP contribution in [-0.4, -0.2) is 17.0 Å². The molecule has 0 saturated carbocycles. The third-order valence-electron chi connectivity index (χ3n) is 3.26. The maximum absolute atomic E-state index is 11.9. The average molecular weight is 223 g/mol. The van der Waals surface area contributed by atoms with Crippen LogP contribution in [0.5, 0.6) is 0 Å². The lowest BCUT2D eigenvalue weighted by molar-refractivity contribution is -0.130. The number of aromatic nitrogens is 1. The molecular formula is C12H21N3O. The molecule has 1 unspecified atom stereocenters. The fourth-order valence-corrected chi connectivity index (χ4v) is 1.46. The lowest BCUT2D eigenvalue weighted by Crippen LogP contribution is -2.43. The van der Waals surface area contributed by atoms with Gasteiger partial charge in [0.25, 0.3) is 0 Å². The van der Waals surface area contributed by atoms with Crippen LogP contribution < -0.4 is 11.1 Å². The number of carbonyl (C=O) groups excluding carboxylic acids is 1. The molecule has 0 spiro atoms. The van der Waals surface area contributed by atoms with Gasteiger partial charge in [-0.25, -0.2) is 0 Å². The van der Waals surface area contributed by atoms with Gasteiger partial charge in [0.15, 0.2) is 0 Å². The van der Waals surface area contributed by atoms with Crippen molar-refractivity contribution in [2.45, 2.75) is 26.8 Å². The Morgan fingerprint density at radius 2 is 2.31 bits per heavy atom. The highest BCUT2D eigenvalue weighted by Gasteiger charge is 2.29. The lowest BCUT2D eigenvalue weighted by atomic mass is 9.87. The van der Waals surface area contributed by atoms with Gasteiger partial charge in [0.2, 0.25) is 5.91 Å². The summed E-state index contributed by atoms with van der Waals surface area (Å²) in [5, 5.41) is 2.93. The van der Waals surface area contributed by atoms with Gasteiger partial charge in [-0.3, -0.25) is 4.79 Å². The maximum Gasteiger partial charge on any atom is 0.227 e. The van der Waals surface area contributed by atoms with Gasteiger partial charge in [-0.05, 0) is 25.5 Å². The van der Waals surface area contributed by atoms with E-state index in [1.54, 1.807) is 0 Å². The molecule has 0 aliphatic heterocycles. The number of hydrogen-bond donors (Lipinski definition) is 2. The molecule has 16 heavy (non-hydrogen) atoms. The van der Waals surface area contributed by atoms with Crippen molar-refractivity contribution in [2.75, 3.05) is 6.54 Å². The second kappa shape index (κ2) is 5.16. The number of nitrogens with zero attached hydrogens (tertiary/aromatic N) is 1. The Morgan fingerprint density at radius 1 is 1.62 bits per heavy atom. The Kier molecular flexibility index (Phi) is 4.12. The quantitative estimate of drug-likeness (QED) is 0.783. The van der Waals surface area contributed by atoms with Gasteiger partial charge in [-0.15, -0.1) is 0 Å². The maximum atomic E-state index is 11.9. The third kappa shape index (κ3) is 2.64. The molecule has 1 amide bonds. The zero-order valence-corrected chi connectivity index (χ0v) is 10.3. The van der Waals surface area contributed by atoms with Crippen molar-refractivity contribution in [3.63, 3.8) is 0 Å². The average Bonchev–Trinajstić information content (AvgIpc) is 2.70. The van der Waals surface area contributed by atoms with E-state index in [9.17, 15) is 4.79 Å². The van der Waals surface area contributed by atoms with Crippen LogP contribution in [0.15, 0.2) is 18.3 Å². The van der Waals surface area contributed by atoms with Gasteiger partial charge in [0.05, 0.1) is 12.0 Å². The predicted molar refractivity (Wildman–Crippen MR) is 64.7 cm³/mol. The molecule has 4 nitrogen and oxygen atoms in total. The highest BCUT2D eigenvalue weighted by Crippen LogP contribution is 2.19. The molecule has 90 valence electrons. The lowest BCUT2D eigenvalue weighted by Gasteiger charge is -2.24. The largest absolute Gasteiger partial charge is 0.353 e. The number of rotatable bonds is 5. The standard InChI is InChI=1S/C12H21N3O/c1-4-12(2,9-13)11(16)14-8-10-6-5-7-15(10)3/h5-7H,4,8-9,13H2,1-3H3,(H,14,16). The van der Waals surface area contributed by atoms with Crippen LogP contribution in [0.2, 0.25) is 0 Å². The van der Waals surface area contributed by atoms with E-state index in [1.165, 1.54) is 0 Å². The van der Waals surface area contributed by atoms with Crippen molar-refractivity contribution in [1.82, 2.24) is 9.88 Å². The van der Waals surface area contributed by atoms with Crippen LogP contribution in [0.1, 0.15) is 26.0 Å². The highest BCUT2D eigenvalue weighted by molar-refractivity contribution is 5.82. The molecule has 3 N–H and O–H groups in total. The van der Waals surface area contributed by atoms with Gasteiger partial charge >= 0.3 is 0 Å². The third-order valence-corrected chi connectivity index (χ3v) is 3.26. The molecule has 1 atom stereocenters. The number of carbonyl (C=O) groups is 1. The van der Waals surface area contributed by atoms with Gasteiger partial charge in [0.1, 0.15) is 0 Å². The molecule has 1 heterocycles. The van der Waals surface area contributed by atoms with Crippen LogP contribution in [-0.2, 0) is 18.4 Å². The molecule has 0 aromatic carbocycles. The molecule has 0 bridgehead atoms. The Balaban J connectivity index is 2.56. The zero-order valence-electron chi connectivity index (χ0n) is 10.3. The minimum absolute atomic E-state index is 0.0266. The van der Waals surface area contributed by atoms with Crippen molar-refractivity contribution in [1.29, 1.82) is 0 Å². The summed E-state index contributed by atoms with van der Waals surface area (Å²) in [6.45, 7) is 4.81. The number of hydrogen-bond acceptors (Lipinski definition) is 2. The zero-order chi connectivity index (χ0) is 12.2. The summed E-state index contributed by atoms with van der Waals surface area (Å²) in [5.41, 5.74) is 6.26. The Hall–Kier alpha value is -1.29. The minimum atomic E-state index is -0.453. The predicted octanol–water partition coefficient (Wildman–Crippen LogP) is 1.02.